The van der Waals surface area contributed by atoms with E-state index in [9.17, 15) is 22.4 Å². The van der Waals surface area contributed by atoms with Crippen molar-refractivity contribution in [3.05, 3.63) is 40.7 Å². The second-order valence-electron chi connectivity index (χ2n) is 4.40. The number of nitrogens with two attached hydrogens (primary N) is 1. The summed E-state index contributed by atoms with van der Waals surface area (Å²) in [6.07, 6.45) is 0.634. The third-order valence-electron chi connectivity index (χ3n) is 2.84. The molecule has 2 rings (SSSR count). The summed E-state index contributed by atoms with van der Waals surface area (Å²) in [5.74, 6) is -0.488. The Morgan fingerprint density at radius 1 is 1.46 bits per heavy atom. The molecule has 0 unspecified atom stereocenters. The van der Waals surface area contributed by atoms with E-state index in [1.165, 1.54) is 0 Å². The monoisotopic (exact) mass is 361 g/mol. The predicted molar refractivity (Wildman–Crippen MR) is 76.4 cm³/mol. The van der Waals surface area contributed by atoms with Crippen LogP contribution in [0.1, 0.15) is 16.2 Å². The van der Waals surface area contributed by atoms with Crippen molar-refractivity contribution in [2.24, 2.45) is 5.73 Å². The summed E-state index contributed by atoms with van der Waals surface area (Å²) < 4.78 is 59.2. The van der Waals surface area contributed by atoms with E-state index in [1.54, 1.807) is 0 Å². The number of amides is 1. The number of benzene rings is 1. The number of imidazole rings is 1. The molecule has 126 valence electrons. The fourth-order valence-corrected chi connectivity index (χ4v) is 2.12. The van der Waals surface area contributed by atoms with Gasteiger partial charge in [0.1, 0.15) is 24.5 Å². The first kappa shape index (κ1) is 17.6. The van der Waals surface area contributed by atoms with Crippen molar-refractivity contribution in [2.45, 2.75) is 6.18 Å². The minimum absolute atomic E-state index is 0.131. The second-order valence-corrected chi connectivity index (χ2v) is 4.81. The molecule has 10 heteroatoms. The molecule has 0 atom stereocenters. The molecule has 1 aromatic heterocycles. The number of terminal acetylenes is 1. The Morgan fingerprint density at radius 3 is 2.67 bits per heavy atom. The maximum absolute atomic E-state index is 14.1. The molecular weight excluding hydrogens is 354 g/mol. The summed E-state index contributed by atoms with van der Waals surface area (Å²) in [5, 5.41) is -0.185. The maximum atomic E-state index is 14.1. The highest BCUT2D eigenvalue weighted by molar-refractivity contribution is 6.32. The van der Waals surface area contributed by atoms with Crippen LogP contribution in [0.4, 0.5) is 17.6 Å². The number of aromatic nitrogens is 2. The highest BCUT2D eigenvalue weighted by atomic mass is 35.5. The van der Waals surface area contributed by atoms with Crippen molar-refractivity contribution < 1.29 is 27.1 Å². The van der Waals surface area contributed by atoms with Crippen molar-refractivity contribution in [1.82, 2.24) is 9.55 Å². The van der Waals surface area contributed by atoms with Crippen LogP contribution >= 0.6 is 11.6 Å². The molecule has 24 heavy (non-hydrogen) atoms. The Balaban J connectivity index is 2.69. The van der Waals surface area contributed by atoms with Gasteiger partial charge in [-0.05, 0) is 6.07 Å². The summed E-state index contributed by atoms with van der Waals surface area (Å²) in [6, 6.07) is 1.67. The van der Waals surface area contributed by atoms with Crippen LogP contribution in [0.3, 0.4) is 0 Å². The number of carbonyl (C=O) groups is 1. The predicted octanol–water partition coefficient (Wildman–Crippen LogP) is 2.79. The Kier molecular flexibility index (Phi) is 4.71. The molecule has 0 aliphatic rings. The third-order valence-corrected chi connectivity index (χ3v) is 3.14. The molecule has 1 heterocycles. The largest absolute Gasteiger partial charge is 0.479 e. The van der Waals surface area contributed by atoms with Gasteiger partial charge in [-0.1, -0.05) is 17.5 Å². The standard InChI is InChI=1S/C14H8ClF4N3O2/c1-2-3-24-10-5-9(8(16)4-7(10)15)22-6-21-11(13(20)23)12(22)14(17,18)19/h1,4-6H,3H2,(H2,20,23). The van der Waals surface area contributed by atoms with Gasteiger partial charge >= 0.3 is 6.18 Å². The summed E-state index contributed by atoms with van der Waals surface area (Å²) in [4.78, 5) is 14.5. The number of halogens is 5. The van der Waals surface area contributed by atoms with Gasteiger partial charge in [-0.3, -0.25) is 9.36 Å². The van der Waals surface area contributed by atoms with Crippen molar-refractivity contribution in [2.75, 3.05) is 6.61 Å². The van der Waals surface area contributed by atoms with E-state index in [2.05, 4.69) is 10.9 Å². The fraction of sp³-hybridized carbons (Fsp3) is 0.143. The lowest BCUT2D eigenvalue weighted by Crippen LogP contribution is -2.21. The van der Waals surface area contributed by atoms with Crippen molar-refractivity contribution in [3.8, 4) is 23.8 Å². The zero-order chi connectivity index (χ0) is 18.1. The molecule has 1 amide bonds. The van der Waals surface area contributed by atoms with Crippen LogP contribution in [0.2, 0.25) is 5.02 Å². The van der Waals surface area contributed by atoms with Crippen LogP contribution in [0.5, 0.6) is 5.75 Å². The van der Waals surface area contributed by atoms with Crippen LogP contribution in [-0.4, -0.2) is 22.1 Å². The summed E-state index contributed by atoms with van der Waals surface area (Å²) in [7, 11) is 0. The van der Waals surface area contributed by atoms with Gasteiger partial charge in [-0.25, -0.2) is 9.37 Å². The van der Waals surface area contributed by atoms with Crippen LogP contribution < -0.4 is 10.5 Å². The van der Waals surface area contributed by atoms with Gasteiger partial charge in [0.25, 0.3) is 5.91 Å². The lowest BCUT2D eigenvalue weighted by molar-refractivity contribution is -0.142. The molecule has 0 saturated carbocycles. The average molecular weight is 362 g/mol. The SMILES string of the molecule is C#CCOc1cc(-n2cnc(C(N)=O)c2C(F)(F)F)c(F)cc1Cl. The molecular formula is C14H8ClF4N3O2. The number of rotatable bonds is 4. The topological polar surface area (TPSA) is 70.1 Å². The second kappa shape index (κ2) is 6.41. The normalized spacial score (nSPS) is 11.2. The number of carbonyl (C=O) groups excluding carboxylic acids is 1. The Bertz CT molecular complexity index is 840. The Morgan fingerprint density at radius 2 is 2.12 bits per heavy atom. The van der Waals surface area contributed by atoms with E-state index in [0.717, 1.165) is 12.1 Å². The highest BCUT2D eigenvalue weighted by Gasteiger charge is 2.40. The zero-order valence-corrected chi connectivity index (χ0v) is 12.5. The molecule has 0 radical (unpaired) electrons. The number of hydrogen-bond acceptors (Lipinski definition) is 3. The molecule has 2 aromatic rings. The molecule has 0 bridgehead atoms. The number of primary amides is 1. The van der Waals surface area contributed by atoms with E-state index in [1.807, 2.05) is 0 Å². The summed E-state index contributed by atoms with van der Waals surface area (Å²) in [5.41, 5.74) is 1.75. The first-order valence-electron chi connectivity index (χ1n) is 6.16. The molecule has 0 spiro atoms. The lowest BCUT2D eigenvalue weighted by Gasteiger charge is -2.14. The van der Waals surface area contributed by atoms with Crippen LogP contribution in [0.25, 0.3) is 5.69 Å². The van der Waals surface area contributed by atoms with E-state index < -0.39 is 35.0 Å². The lowest BCUT2D eigenvalue weighted by atomic mass is 10.2. The van der Waals surface area contributed by atoms with Crippen molar-refractivity contribution in [1.29, 1.82) is 0 Å². The van der Waals surface area contributed by atoms with E-state index in [4.69, 9.17) is 28.5 Å². The molecule has 5 nitrogen and oxygen atoms in total. The molecule has 1 aromatic carbocycles. The van der Waals surface area contributed by atoms with Gasteiger partial charge in [-0.2, -0.15) is 13.2 Å². The highest BCUT2D eigenvalue weighted by Crippen LogP contribution is 2.36. The maximum Gasteiger partial charge on any atom is 0.434 e. The van der Waals surface area contributed by atoms with Gasteiger partial charge in [0.15, 0.2) is 11.4 Å². The first-order chi connectivity index (χ1) is 11.2. The average Bonchev–Trinajstić information content (AvgIpc) is 2.91. The van der Waals surface area contributed by atoms with Gasteiger partial charge in [0.05, 0.1) is 10.7 Å². The zero-order valence-electron chi connectivity index (χ0n) is 11.7. The van der Waals surface area contributed by atoms with Gasteiger partial charge in [0.2, 0.25) is 0 Å². The minimum Gasteiger partial charge on any atom is -0.479 e. The van der Waals surface area contributed by atoms with Crippen molar-refractivity contribution >= 4 is 17.5 Å². The van der Waals surface area contributed by atoms with E-state index >= 15 is 0 Å². The molecule has 0 saturated heterocycles. The van der Waals surface area contributed by atoms with E-state index in [0.29, 0.717) is 10.9 Å². The Labute approximate surface area is 138 Å². The van der Waals surface area contributed by atoms with Gasteiger partial charge in [0, 0.05) is 6.07 Å². The molecule has 0 aliphatic carbocycles. The summed E-state index contributed by atoms with van der Waals surface area (Å²) >= 11 is 5.76. The number of hydrogen-bond donors (Lipinski definition) is 1. The first-order valence-corrected chi connectivity index (χ1v) is 6.54. The number of nitrogens with zero attached hydrogens (tertiary/aromatic N) is 2. The fourth-order valence-electron chi connectivity index (χ4n) is 1.92. The number of alkyl halides is 3. The Hall–Kier alpha value is -2.73. The summed E-state index contributed by atoms with van der Waals surface area (Å²) in [6.45, 7) is -0.229. The minimum atomic E-state index is -5.01. The molecule has 0 aliphatic heterocycles. The quantitative estimate of drug-likeness (QED) is 0.672. The van der Waals surface area contributed by atoms with E-state index in [-0.39, 0.29) is 17.4 Å². The van der Waals surface area contributed by atoms with Crippen LogP contribution in [0, 0.1) is 18.2 Å². The third kappa shape index (κ3) is 3.28. The molecule has 2 N–H and O–H groups in total. The van der Waals surface area contributed by atoms with Crippen molar-refractivity contribution in [3.63, 3.8) is 0 Å². The smallest absolute Gasteiger partial charge is 0.434 e. The number of ether oxygens (including phenoxy) is 1. The van der Waals surface area contributed by atoms with Gasteiger partial charge < -0.3 is 10.5 Å². The van der Waals surface area contributed by atoms with Crippen LogP contribution in [0.15, 0.2) is 18.5 Å². The molecule has 0 fully saturated rings. The van der Waals surface area contributed by atoms with Crippen LogP contribution in [-0.2, 0) is 6.18 Å². The van der Waals surface area contributed by atoms with Gasteiger partial charge in [-0.15, -0.1) is 6.42 Å².